The number of fused-ring (bicyclic) bond motifs is 1. The zero-order valence-corrected chi connectivity index (χ0v) is 21.5. The number of hydrogen-bond donors (Lipinski definition) is 1. The summed E-state index contributed by atoms with van der Waals surface area (Å²) in [5.41, 5.74) is 5.01. The number of aromatic nitrogens is 3. The third-order valence-electron chi connectivity index (χ3n) is 7.76. The number of anilines is 1. The van der Waals surface area contributed by atoms with Crippen LogP contribution in [-0.2, 0) is 4.79 Å². The third kappa shape index (κ3) is 4.12. The third-order valence-corrected chi connectivity index (χ3v) is 8.07. The number of benzene rings is 2. The van der Waals surface area contributed by atoms with Gasteiger partial charge < -0.3 is 19.1 Å². The molecule has 1 amide bonds. The Morgan fingerprint density at radius 1 is 1.08 bits per heavy atom. The number of rotatable bonds is 4. The Labute approximate surface area is 218 Å². The summed E-state index contributed by atoms with van der Waals surface area (Å²) < 4.78 is 22.0. The second-order valence-corrected chi connectivity index (χ2v) is 10.5. The fourth-order valence-corrected chi connectivity index (χ4v) is 6.11. The summed E-state index contributed by atoms with van der Waals surface area (Å²) in [6.45, 7) is 3.81. The summed E-state index contributed by atoms with van der Waals surface area (Å²) in [6, 6.07) is 10.5. The van der Waals surface area contributed by atoms with Crippen molar-refractivity contribution < 1.29 is 18.8 Å². The maximum Gasteiger partial charge on any atom is 0.227 e. The molecule has 0 radical (unpaired) electrons. The van der Waals surface area contributed by atoms with Crippen LogP contribution in [0.3, 0.4) is 0 Å². The van der Waals surface area contributed by atoms with E-state index in [1.54, 1.807) is 11.0 Å². The molecular weight excluding hydrogens is 495 g/mol. The normalized spacial score (nSPS) is 22.4. The van der Waals surface area contributed by atoms with Crippen LogP contribution in [0.2, 0.25) is 5.02 Å². The molecule has 7 nitrogen and oxygen atoms in total. The molecule has 2 aliphatic rings. The fourth-order valence-electron chi connectivity index (χ4n) is 5.99. The lowest BCUT2D eigenvalue weighted by molar-refractivity contribution is -0.117. The van der Waals surface area contributed by atoms with Gasteiger partial charge in [0, 0.05) is 23.7 Å². The first-order chi connectivity index (χ1) is 17.8. The van der Waals surface area contributed by atoms with Crippen molar-refractivity contribution in [2.75, 3.05) is 4.90 Å². The van der Waals surface area contributed by atoms with Gasteiger partial charge in [0.05, 0.1) is 33.9 Å². The maximum absolute atomic E-state index is 14.4. The number of nitrogens with zero attached hydrogens (tertiary/aromatic N) is 4. The molecule has 1 atom stereocenters. The molecule has 0 bridgehead atoms. The molecule has 4 aromatic rings. The average molecular weight is 523 g/mol. The highest BCUT2D eigenvalue weighted by Crippen LogP contribution is 2.42. The summed E-state index contributed by atoms with van der Waals surface area (Å²) in [5, 5.41) is 14.3. The molecule has 1 aliphatic carbocycles. The van der Waals surface area contributed by atoms with E-state index in [9.17, 15) is 14.3 Å². The highest BCUT2D eigenvalue weighted by atomic mass is 35.5. The lowest BCUT2D eigenvalue weighted by Crippen LogP contribution is -2.31. The number of imidazole rings is 1. The number of hydrogen-bond acceptors (Lipinski definition) is 5. The largest absolute Gasteiger partial charge is 0.393 e. The summed E-state index contributed by atoms with van der Waals surface area (Å²) in [5.74, 6) is 0.904. The van der Waals surface area contributed by atoms with Crippen LogP contribution in [0.4, 0.5) is 10.1 Å². The number of amides is 1. The van der Waals surface area contributed by atoms with E-state index in [4.69, 9.17) is 21.1 Å². The van der Waals surface area contributed by atoms with Crippen molar-refractivity contribution in [3.05, 3.63) is 64.5 Å². The summed E-state index contributed by atoms with van der Waals surface area (Å²) in [6.07, 6.45) is 3.72. The van der Waals surface area contributed by atoms with Crippen LogP contribution in [0.25, 0.3) is 22.2 Å². The smallest absolute Gasteiger partial charge is 0.227 e. The summed E-state index contributed by atoms with van der Waals surface area (Å²) in [7, 11) is 0. The highest BCUT2D eigenvalue weighted by Gasteiger charge is 2.38. The monoisotopic (exact) mass is 522 g/mol. The van der Waals surface area contributed by atoms with Gasteiger partial charge in [-0.3, -0.25) is 4.79 Å². The van der Waals surface area contributed by atoms with Crippen molar-refractivity contribution in [2.45, 2.75) is 70.6 Å². The molecule has 1 saturated heterocycles. The van der Waals surface area contributed by atoms with Crippen LogP contribution in [0.1, 0.15) is 67.9 Å². The number of carbonyl (C=O) groups excluding carboxylic acids is 1. The molecule has 1 saturated carbocycles. The van der Waals surface area contributed by atoms with Crippen molar-refractivity contribution >= 4 is 34.2 Å². The first-order valence-electron chi connectivity index (χ1n) is 12.7. The lowest BCUT2D eigenvalue weighted by Gasteiger charge is -2.31. The molecule has 0 unspecified atom stereocenters. The minimum Gasteiger partial charge on any atom is -0.393 e. The fraction of sp³-hybridized carbons (Fsp3) is 0.393. The maximum atomic E-state index is 14.4. The lowest BCUT2D eigenvalue weighted by atomic mass is 9.92. The quantitative estimate of drug-likeness (QED) is 0.333. The SMILES string of the molecule is Cc1noc(C)c1-c1ccc2c(c1)nc([C@@H]1CCC(=O)N1c1ccc(Cl)c(F)c1)n2[C@H]1CC[C@H](O)CC1. The number of aliphatic hydroxyl groups excluding tert-OH is 1. The second-order valence-electron chi connectivity index (χ2n) is 10.1. The van der Waals surface area contributed by atoms with Gasteiger partial charge in [-0.1, -0.05) is 22.8 Å². The minimum atomic E-state index is -0.559. The van der Waals surface area contributed by atoms with Gasteiger partial charge in [-0.2, -0.15) is 0 Å². The van der Waals surface area contributed by atoms with Gasteiger partial charge in [-0.15, -0.1) is 0 Å². The molecule has 37 heavy (non-hydrogen) atoms. The number of aryl methyl sites for hydroxylation is 2. The van der Waals surface area contributed by atoms with Gasteiger partial charge >= 0.3 is 0 Å². The molecule has 2 fully saturated rings. The van der Waals surface area contributed by atoms with E-state index in [0.29, 0.717) is 18.5 Å². The van der Waals surface area contributed by atoms with Gasteiger partial charge in [0.2, 0.25) is 5.91 Å². The predicted octanol–water partition coefficient (Wildman–Crippen LogP) is 6.44. The zero-order valence-electron chi connectivity index (χ0n) is 20.7. The topological polar surface area (TPSA) is 84.4 Å². The Kier molecular flexibility index (Phi) is 6.04. The van der Waals surface area contributed by atoms with E-state index < -0.39 is 5.82 Å². The van der Waals surface area contributed by atoms with E-state index in [-0.39, 0.29) is 29.1 Å². The Morgan fingerprint density at radius 3 is 2.57 bits per heavy atom. The predicted molar refractivity (Wildman–Crippen MR) is 139 cm³/mol. The zero-order chi connectivity index (χ0) is 25.8. The molecular formula is C28H28ClFN4O3. The van der Waals surface area contributed by atoms with Gasteiger partial charge in [0.1, 0.15) is 17.4 Å². The first kappa shape index (κ1) is 24.1. The van der Waals surface area contributed by atoms with Crippen LogP contribution < -0.4 is 4.90 Å². The van der Waals surface area contributed by atoms with Crippen molar-refractivity contribution in [3.63, 3.8) is 0 Å². The van der Waals surface area contributed by atoms with Crippen LogP contribution >= 0.6 is 11.6 Å². The summed E-state index contributed by atoms with van der Waals surface area (Å²) in [4.78, 5) is 19.8. The van der Waals surface area contributed by atoms with Gasteiger partial charge in [0.15, 0.2) is 0 Å². The Bertz CT molecular complexity index is 1490. The Morgan fingerprint density at radius 2 is 1.86 bits per heavy atom. The van der Waals surface area contributed by atoms with E-state index in [0.717, 1.165) is 65.1 Å². The second kappa shape index (κ2) is 9.26. The van der Waals surface area contributed by atoms with Crippen LogP contribution in [0.15, 0.2) is 40.9 Å². The average Bonchev–Trinajstić information content (AvgIpc) is 3.55. The van der Waals surface area contributed by atoms with Crippen molar-refractivity contribution in [1.29, 1.82) is 0 Å². The molecule has 1 N–H and O–H groups in total. The van der Waals surface area contributed by atoms with Crippen molar-refractivity contribution in [1.82, 2.24) is 14.7 Å². The van der Waals surface area contributed by atoms with Crippen LogP contribution in [0, 0.1) is 19.7 Å². The number of halogens is 2. The van der Waals surface area contributed by atoms with Gasteiger partial charge in [-0.05, 0) is 81.8 Å². The molecule has 0 spiro atoms. The van der Waals surface area contributed by atoms with Crippen LogP contribution in [0.5, 0.6) is 0 Å². The van der Waals surface area contributed by atoms with Gasteiger partial charge in [0.25, 0.3) is 0 Å². The molecule has 9 heteroatoms. The molecule has 2 aromatic carbocycles. The standard InChI is InChI=1S/C28H28ClFN4O3/c1-15-27(16(2)37-32-15)17-3-10-24-23(13-17)31-28(34(24)18-4-7-20(35)8-5-18)25-11-12-26(36)33(25)19-6-9-21(29)22(30)14-19/h3,6,9-10,13-14,18,20,25,35H,4-5,7-8,11-12H2,1-2H3/t18-,20-,25-/m0/s1. The van der Waals surface area contributed by atoms with Gasteiger partial charge in [-0.25, -0.2) is 9.37 Å². The summed E-state index contributed by atoms with van der Waals surface area (Å²) >= 11 is 5.92. The number of carbonyl (C=O) groups is 1. The molecule has 192 valence electrons. The van der Waals surface area contributed by atoms with Crippen molar-refractivity contribution in [2.24, 2.45) is 0 Å². The number of aliphatic hydroxyl groups is 1. The van der Waals surface area contributed by atoms with E-state index >= 15 is 0 Å². The van der Waals surface area contributed by atoms with E-state index in [2.05, 4.69) is 21.9 Å². The van der Waals surface area contributed by atoms with Crippen LogP contribution in [-0.4, -0.2) is 31.8 Å². The molecule has 3 heterocycles. The van der Waals surface area contributed by atoms with E-state index in [1.807, 2.05) is 19.9 Å². The first-order valence-corrected chi connectivity index (χ1v) is 13.1. The molecule has 1 aliphatic heterocycles. The highest BCUT2D eigenvalue weighted by molar-refractivity contribution is 6.30. The molecule has 2 aromatic heterocycles. The Balaban J connectivity index is 1.50. The molecule has 6 rings (SSSR count). The van der Waals surface area contributed by atoms with Crippen molar-refractivity contribution in [3.8, 4) is 11.1 Å². The van der Waals surface area contributed by atoms with E-state index in [1.165, 1.54) is 12.1 Å². The Hall–Kier alpha value is -3.23. The minimum absolute atomic E-state index is 0.0202.